The highest BCUT2D eigenvalue weighted by molar-refractivity contribution is 5.84. The minimum atomic E-state index is 0.372. The van der Waals surface area contributed by atoms with E-state index in [1.807, 2.05) is 0 Å². The fraction of sp³-hybridized carbons (Fsp3) is 0.944. The molecular formula is C18H34N4. The summed E-state index contributed by atoms with van der Waals surface area (Å²) < 4.78 is 0. The van der Waals surface area contributed by atoms with Gasteiger partial charge in [0.25, 0.3) is 0 Å². The van der Waals surface area contributed by atoms with Gasteiger partial charge in [-0.15, -0.1) is 0 Å². The number of nitrogens with zero attached hydrogens (tertiary/aromatic N) is 4. The Balaban J connectivity index is 1.77. The van der Waals surface area contributed by atoms with E-state index in [1.54, 1.807) is 0 Å². The van der Waals surface area contributed by atoms with Crippen LogP contribution in [0.2, 0.25) is 0 Å². The molecule has 0 aromatic heterocycles. The van der Waals surface area contributed by atoms with Crippen LogP contribution in [0.1, 0.15) is 58.8 Å². The van der Waals surface area contributed by atoms with Gasteiger partial charge in [0.15, 0.2) is 0 Å². The first-order valence-electron chi connectivity index (χ1n) is 9.44. The Bertz CT molecular complexity index is 381. The van der Waals surface area contributed by atoms with E-state index < -0.39 is 0 Å². The molecule has 0 bridgehead atoms. The summed E-state index contributed by atoms with van der Waals surface area (Å²) in [5, 5.41) is 0. The molecule has 22 heavy (non-hydrogen) atoms. The number of likely N-dealkylation sites (tertiary alicyclic amines) is 2. The van der Waals surface area contributed by atoms with Crippen molar-refractivity contribution < 1.29 is 0 Å². The molecule has 126 valence electrons. The average molecular weight is 306 g/mol. The van der Waals surface area contributed by atoms with E-state index in [4.69, 9.17) is 4.99 Å². The molecule has 4 heteroatoms. The zero-order chi connectivity index (χ0) is 15.5. The summed E-state index contributed by atoms with van der Waals surface area (Å²) in [6, 6.07) is 0. The minimum Gasteiger partial charge on any atom is -0.344 e. The van der Waals surface area contributed by atoms with Crippen molar-refractivity contribution in [1.82, 2.24) is 14.7 Å². The molecule has 0 unspecified atom stereocenters. The maximum absolute atomic E-state index is 5.22. The van der Waals surface area contributed by atoms with Crippen molar-refractivity contribution in [1.29, 1.82) is 0 Å². The first-order chi connectivity index (χ1) is 10.7. The summed E-state index contributed by atoms with van der Waals surface area (Å²) >= 11 is 0. The smallest absolute Gasteiger partial charge is 0.138 e. The van der Waals surface area contributed by atoms with Crippen molar-refractivity contribution in [3.63, 3.8) is 0 Å². The number of amidine groups is 1. The molecule has 0 saturated carbocycles. The Morgan fingerprint density at radius 1 is 0.909 bits per heavy atom. The Hall–Kier alpha value is -0.610. The van der Waals surface area contributed by atoms with E-state index in [0.717, 1.165) is 6.42 Å². The highest BCUT2D eigenvalue weighted by Crippen LogP contribution is 2.29. The summed E-state index contributed by atoms with van der Waals surface area (Å²) in [6.07, 6.45) is 10.2. The van der Waals surface area contributed by atoms with Gasteiger partial charge in [-0.2, -0.15) is 0 Å². The predicted molar refractivity (Wildman–Crippen MR) is 93.1 cm³/mol. The maximum Gasteiger partial charge on any atom is 0.138 e. The molecule has 0 aliphatic carbocycles. The van der Waals surface area contributed by atoms with Crippen LogP contribution in [0, 0.1) is 5.92 Å². The summed E-state index contributed by atoms with van der Waals surface area (Å²) in [5.41, 5.74) is 0. The van der Waals surface area contributed by atoms with Gasteiger partial charge in [-0.05, 0) is 31.6 Å². The fourth-order valence-corrected chi connectivity index (χ4v) is 4.29. The van der Waals surface area contributed by atoms with Crippen molar-refractivity contribution in [2.45, 2.75) is 71.1 Å². The molecule has 3 heterocycles. The van der Waals surface area contributed by atoms with Crippen LogP contribution in [0.15, 0.2) is 4.99 Å². The van der Waals surface area contributed by atoms with Gasteiger partial charge < -0.3 is 4.90 Å². The van der Waals surface area contributed by atoms with E-state index in [2.05, 4.69) is 35.6 Å². The molecule has 0 amide bonds. The summed E-state index contributed by atoms with van der Waals surface area (Å²) in [5.74, 6) is 2.02. The monoisotopic (exact) mass is 306 g/mol. The number of hydrogen-bond acceptors (Lipinski definition) is 4. The Morgan fingerprint density at radius 2 is 1.45 bits per heavy atom. The second kappa shape index (κ2) is 7.31. The largest absolute Gasteiger partial charge is 0.344 e. The average Bonchev–Trinajstić information content (AvgIpc) is 2.85. The number of rotatable bonds is 4. The van der Waals surface area contributed by atoms with Crippen LogP contribution in [-0.4, -0.2) is 66.1 Å². The minimum absolute atomic E-state index is 0.372. The first kappa shape index (κ1) is 16.3. The summed E-state index contributed by atoms with van der Waals surface area (Å²) in [6.45, 7) is 9.59. The van der Waals surface area contributed by atoms with Gasteiger partial charge in [0.05, 0.1) is 0 Å². The van der Waals surface area contributed by atoms with Crippen molar-refractivity contribution in [3.05, 3.63) is 0 Å². The van der Waals surface area contributed by atoms with Crippen molar-refractivity contribution >= 4 is 5.84 Å². The molecule has 2 atom stereocenters. The number of aliphatic imine (C=N–C) groups is 1. The Labute approximate surface area is 136 Å². The van der Waals surface area contributed by atoms with Gasteiger partial charge in [-0.3, -0.25) is 9.80 Å². The normalized spacial score (nSPS) is 31.8. The maximum atomic E-state index is 5.22. The third-order valence-electron chi connectivity index (χ3n) is 5.47. The molecule has 0 spiro atoms. The van der Waals surface area contributed by atoms with Gasteiger partial charge in [-0.25, -0.2) is 4.99 Å². The standard InChI is InChI=1S/C18H34N4/c1-15(2)14-16-19-17(21-10-6-4-7-11-21)18(20(16)3)22-12-8-5-9-13-22/h15,17-18H,4-14H2,1-3H3/t17-,18-/m0/s1. The molecule has 3 aliphatic heterocycles. The summed E-state index contributed by atoms with van der Waals surface area (Å²) in [7, 11) is 2.28. The third kappa shape index (κ3) is 3.48. The highest BCUT2D eigenvalue weighted by Gasteiger charge is 2.41. The lowest BCUT2D eigenvalue weighted by Gasteiger charge is -2.43. The van der Waals surface area contributed by atoms with E-state index in [1.165, 1.54) is 70.5 Å². The SMILES string of the molecule is CC(C)CC1=N[C@@H](N2CCCCC2)[C@H](N2CCCCC2)N1C. The molecule has 0 N–H and O–H groups in total. The molecule has 0 radical (unpaired) electrons. The van der Waals surface area contributed by atoms with E-state index in [0.29, 0.717) is 18.2 Å². The van der Waals surface area contributed by atoms with Gasteiger partial charge in [0.1, 0.15) is 18.2 Å². The quantitative estimate of drug-likeness (QED) is 0.797. The molecule has 4 nitrogen and oxygen atoms in total. The van der Waals surface area contributed by atoms with Crippen LogP contribution >= 0.6 is 0 Å². The van der Waals surface area contributed by atoms with E-state index in [9.17, 15) is 0 Å². The molecule has 2 fully saturated rings. The number of hydrogen-bond donors (Lipinski definition) is 0. The molecule has 3 rings (SSSR count). The molecule has 3 aliphatic rings. The molecule has 0 aromatic carbocycles. The highest BCUT2D eigenvalue weighted by atomic mass is 15.5. The van der Waals surface area contributed by atoms with Crippen LogP contribution in [0.25, 0.3) is 0 Å². The van der Waals surface area contributed by atoms with Gasteiger partial charge in [0, 0.05) is 39.6 Å². The predicted octanol–water partition coefficient (Wildman–Crippen LogP) is 3.00. The van der Waals surface area contributed by atoms with Crippen LogP contribution in [-0.2, 0) is 0 Å². The lowest BCUT2D eigenvalue weighted by molar-refractivity contribution is 0.0173. The van der Waals surface area contributed by atoms with Crippen molar-refractivity contribution in [2.75, 3.05) is 33.2 Å². The number of piperidine rings is 2. The van der Waals surface area contributed by atoms with Crippen molar-refractivity contribution in [3.8, 4) is 0 Å². The van der Waals surface area contributed by atoms with Crippen LogP contribution in [0.5, 0.6) is 0 Å². The van der Waals surface area contributed by atoms with Crippen LogP contribution in [0.4, 0.5) is 0 Å². The van der Waals surface area contributed by atoms with Crippen molar-refractivity contribution in [2.24, 2.45) is 10.9 Å². The molecule has 2 saturated heterocycles. The summed E-state index contributed by atoms with van der Waals surface area (Å²) in [4.78, 5) is 13.1. The Kier molecular flexibility index (Phi) is 5.40. The first-order valence-corrected chi connectivity index (χ1v) is 9.44. The number of likely N-dealkylation sites (N-methyl/N-ethyl adjacent to an activating group) is 1. The van der Waals surface area contributed by atoms with Crippen LogP contribution < -0.4 is 0 Å². The van der Waals surface area contributed by atoms with Gasteiger partial charge >= 0.3 is 0 Å². The fourth-order valence-electron chi connectivity index (χ4n) is 4.29. The molecule has 0 aromatic rings. The second-order valence-electron chi connectivity index (χ2n) is 7.77. The Morgan fingerprint density at radius 3 is 2.00 bits per heavy atom. The van der Waals surface area contributed by atoms with E-state index >= 15 is 0 Å². The zero-order valence-corrected chi connectivity index (χ0v) is 14.8. The van der Waals surface area contributed by atoms with E-state index in [-0.39, 0.29) is 0 Å². The third-order valence-corrected chi connectivity index (χ3v) is 5.47. The van der Waals surface area contributed by atoms with Crippen LogP contribution in [0.3, 0.4) is 0 Å². The van der Waals surface area contributed by atoms with Gasteiger partial charge in [0.2, 0.25) is 0 Å². The second-order valence-corrected chi connectivity index (χ2v) is 7.77. The lowest BCUT2D eigenvalue weighted by Crippen LogP contribution is -2.57. The molecular weight excluding hydrogens is 272 g/mol. The topological polar surface area (TPSA) is 22.1 Å². The lowest BCUT2D eigenvalue weighted by atomic mass is 10.1. The van der Waals surface area contributed by atoms with Gasteiger partial charge in [-0.1, -0.05) is 26.7 Å². The zero-order valence-electron chi connectivity index (χ0n) is 14.8.